The fraction of sp³-hybridized carbons (Fsp3) is 0.429. The summed E-state index contributed by atoms with van der Waals surface area (Å²) in [4.78, 5) is 4.33. The van der Waals surface area contributed by atoms with Gasteiger partial charge in [-0.3, -0.25) is 0 Å². The van der Waals surface area contributed by atoms with E-state index >= 15 is 0 Å². The van der Waals surface area contributed by atoms with Gasteiger partial charge in [0, 0.05) is 9.50 Å². The fourth-order valence-corrected chi connectivity index (χ4v) is 2.60. The average Bonchev–Trinajstić information content (AvgIpc) is 2.89. The summed E-state index contributed by atoms with van der Waals surface area (Å²) >= 11 is 9.43. The summed E-state index contributed by atoms with van der Waals surface area (Å²) in [7, 11) is 0. The number of halogens is 2. The van der Waals surface area contributed by atoms with Gasteiger partial charge in [-0.1, -0.05) is 16.8 Å². The van der Waals surface area contributed by atoms with Crippen LogP contribution in [0.15, 0.2) is 27.2 Å². The van der Waals surface area contributed by atoms with Crippen molar-refractivity contribution in [3.63, 3.8) is 0 Å². The van der Waals surface area contributed by atoms with Crippen LogP contribution in [-0.4, -0.2) is 22.9 Å². The van der Waals surface area contributed by atoms with Gasteiger partial charge in [0.15, 0.2) is 5.82 Å². The van der Waals surface area contributed by atoms with Crippen LogP contribution in [0, 0.1) is 0 Å². The van der Waals surface area contributed by atoms with Gasteiger partial charge < -0.3 is 15.0 Å². The highest BCUT2D eigenvalue weighted by Gasteiger charge is 2.22. The van der Waals surface area contributed by atoms with E-state index in [1.54, 1.807) is 12.1 Å². The largest absolute Gasteiger partial charge is 0.376 e. The van der Waals surface area contributed by atoms with E-state index in [9.17, 15) is 0 Å². The molecule has 1 aromatic carbocycles. The Morgan fingerprint density at radius 3 is 3.00 bits per heavy atom. The first-order valence-corrected chi connectivity index (χ1v) is 7.97. The standard InChI is InChI=1S/C14H15BrClN3O2/c15-11-5-4-8(16)6-10(11)14-18-13(19-21-14)12(17)7-20-9-2-1-3-9/h4-6,9,12H,1-3,7,17H2. The van der Waals surface area contributed by atoms with E-state index in [2.05, 4.69) is 26.1 Å². The number of aromatic nitrogens is 2. The number of rotatable bonds is 5. The topological polar surface area (TPSA) is 74.2 Å². The van der Waals surface area contributed by atoms with Crippen LogP contribution < -0.4 is 5.73 Å². The molecule has 1 aromatic heterocycles. The summed E-state index contributed by atoms with van der Waals surface area (Å²) < 4.78 is 11.8. The lowest BCUT2D eigenvalue weighted by Crippen LogP contribution is -2.27. The van der Waals surface area contributed by atoms with Gasteiger partial charge in [0.1, 0.15) is 0 Å². The van der Waals surface area contributed by atoms with E-state index in [1.807, 2.05) is 6.07 Å². The second-order valence-corrected chi connectivity index (χ2v) is 6.37. The van der Waals surface area contributed by atoms with Crippen molar-refractivity contribution in [2.45, 2.75) is 31.4 Å². The lowest BCUT2D eigenvalue weighted by Gasteiger charge is -2.26. The van der Waals surface area contributed by atoms with Crippen LogP contribution in [0.3, 0.4) is 0 Å². The molecule has 3 rings (SSSR count). The highest BCUT2D eigenvalue weighted by Crippen LogP contribution is 2.30. The molecule has 2 aromatic rings. The van der Waals surface area contributed by atoms with Crippen LogP contribution in [0.2, 0.25) is 5.02 Å². The van der Waals surface area contributed by atoms with Gasteiger partial charge in [0.2, 0.25) is 0 Å². The first-order valence-electron chi connectivity index (χ1n) is 6.79. The third kappa shape index (κ3) is 3.45. The molecule has 1 atom stereocenters. The zero-order valence-electron chi connectivity index (χ0n) is 11.3. The zero-order valence-corrected chi connectivity index (χ0v) is 13.6. The van der Waals surface area contributed by atoms with Crippen LogP contribution in [0.1, 0.15) is 31.1 Å². The minimum absolute atomic E-state index is 0.337. The maximum absolute atomic E-state index is 6.03. The Morgan fingerprint density at radius 1 is 1.48 bits per heavy atom. The Morgan fingerprint density at radius 2 is 2.29 bits per heavy atom. The number of hydrogen-bond acceptors (Lipinski definition) is 5. The molecule has 1 heterocycles. The van der Waals surface area contributed by atoms with Gasteiger partial charge in [0.25, 0.3) is 5.89 Å². The summed E-state index contributed by atoms with van der Waals surface area (Å²) in [6, 6.07) is 4.99. The molecular weight excluding hydrogens is 358 g/mol. The summed E-state index contributed by atoms with van der Waals surface area (Å²) in [5, 5.41) is 4.53. The molecule has 0 aliphatic heterocycles. The Kier molecular flexibility index (Phi) is 4.59. The Bertz CT molecular complexity index is 630. The second-order valence-electron chi connectivity index (χ2n) is 5.07. The fourth-order valence-electron chi connectivity index (χ4n) is 2.01. The van der Waals surface area contributed by atoms with Crippen LogP contribution in [0.4, 0.5) is 0 Å². The Balaban J connectivity index is 1.71. The third-order valence-electron chi connectivity index (χ3n) is 3.50. The van der Waals surface area contributed by atoms with Gasteiger partial charge in [0.05, 0.1) is 24.3 Å². The SMILES string of the molecule is NC(COC1CCC1)c1noc(-c2cc(Cl)ccc2Br)n1. The van der Waals surface area contributed by atoms with Crippen molar-refractivity contribution in [1.82, 2.24) is 10.1 Å². The molecule has 0 radical (unpaired) electrons. The van der Waals surface area contributed by atoms with Gasteiger partial charge in [-0.15, -0.1) is 0 Å². The second kappa shape index (κ2) is 6.44. The molecular formula is C14H15BrClN3O2. The van der Waals surface area contributed by atoms with E-state index in [1.165, 1.54) is 6.42 Å². The van der Waals surface area contributed by atoms with Crippen molar-refractivity contribution in [3.05, 3.63) is 33.5 Å². The minimum Gasteiger partial charge on any atom is -0.376 e. The molecule has 1 saturated carbocycles. The van der Waals surface area contributed by atoms with Crippen molar-refractivity contribution in [2.24, 2.45) is 5.73 Å². The van der Waals surface area contributed by atoms with Crippen molar-refractivity contribution in [1.29, 1.82) is 0 Å². The minimum atomic E-state index is -0.388. The Hall–Kier alpha value is -0.950. The highest BCUT2D eigenvalue weighted by molar-refractivity contribution is 9.10. The van der Waals surface area contributed by atoms with E-state index in [-0.39, 0.29) is 6.04 Å². The number of ether oxygens (including phenoxy) is 1. The van der Waals surface area contributed by atoms with E-state index in [4.69, 9.17) is 26.6 Å². The van der Waals surface area contributed by atoms with E-state index < -0.39 is 0 Å². The summed E-state index contributed by atoms with van der Waals surface area (Å²) in [6.07, 6.45) is 3.79. The molecule has 1 aliphatic carbocycles. The van der Waals surface area contributed by atoms with Crippen molar-refractivity contribution >= 4 is 27.5 Å². The summed E-state index contributed by atoms with van der Waals surface area (Å²) in [6.45, 7) is 0.403. The molecule has 7 heteroatoms. The van der Waals surface area contributed by atoms with Crippen LogP contribution in [-0.2, 0) is 4.74 Å². The molecule has 0 spiro atoms. The molecule has 2 N–H and O–H groups in total. The average molecular weight is 373 g/mol. The molecule has 0 bridgehead atoms. The van der Waals surface area contributed by atoms with Crippen molar-refractivity contribution < 1.29 is 9.26 Å². The normalized spacial score (nSPS) is 16.7. The van der Waals surface area contributed by atoms with Gasteiger partial charge in [-0.25, -0.2) is 0 Å². The van der Waals surface area contributed by atoms with Crippen LogP contribution >= 0.6 is 27.5 Å². The monoisotopic (exact) mass is 371 g/mol. The maximum atomic E-state index is 6.03. The number of benzene rings is 1. The van der Waals surface area contributed by atoms with E-state index in [0.717, 1.165) is 22.9 Å². The molecule has 1 unspecified atom stereocenters. The predicted octanol–water partition coefficient (Wildman–Crippen LogP) is 3.72. The van der Waals surface area contributed by atoms with Crippen molar-refractivity contribution in [3.8, 4) is 11.5 Å². The molecule has 5 nitrogen and oxygen atoms in total. The van der Waals surface area contributed by atoms with Crippen LogP contribution in [0.25, 0.3) is 11.5 Å². The van der Waals surface area contributed by atoms with Crippen LogP contribution in [0.5, 0.6) is 0 Å². The lowest BCUT2D eigenvalue weighted by atomic mass is 9.96. The predicted molar refractivity (Wildman–Crippen MR) is 83.0 cm³/mol. The quantitative estimate of drug-likeness (QED) is 0.866. The summed E-state index contributed by atoms with van der Waals surface area (Å²) in [5.74, 6) is 0.828. The molecule has 112 valence electrons. The third-order valence-corrected chi connectivity index (χ3v) is 4.42. The Labute approximate surface area is 135 Å². The summed E-state index contributed by atoms with van der Waals surface area (Å²) in [5.41, 5.74) is 6.78. The first-order chi connectivity index (χ1) is 10.1. The molecule has 0 saturated heterocycles. The number of nitrogens with zero attached hydrogens (tertiary/aromatic N) is 2. The maximum Gasteiger partial charge on any atom is 0.259 e. The van der Waals surface area contributed by atoms with Gasteiger partial charge in [-0.2, -0.15) is 4.98 Å². The molecule has 0 amide bonds. The number of nitrogens with two attached hydrogens (primary N) is 1. The van der Waals surface area contributed by atoms with Crippen molar-refractivity contribution in [2.75, 3.05) is 6.61 Å². The number of hydrogen-bond donors (Lipinski definition) is 1. The first kappa shape index (κ1) is 15.0. The molecule has 21 heavy (non-hydrogen) atoms. The van der Waals surface area contributed by atoms with E-state index in [0.29, 0.717) is 29.4 Å². The van der Waals surface area contributed by atoms with Gasteiger partial charge in [-0.05, 0) is 53.4 Å². The molecule has 1 fully saturated rings. The smallest absolute Gasteiger partial charge is 0.259 e. The lowest BCUT2D eigenvalue weighted by molar-refractivity contribution is -0.00549. The zero-order chi connectivity index (χ0) is 14.8. The molecule has 1 aliphatic rings. The van der Waals surface area contributed by atoms with Gasteiger partial charge >= 0.3 is 0 Å². The highest BCUT2D eigenvalue weighted by atomic mass is 79.9.